The molecule has 0 saturated carbocycles. The van der Waals surface area contributed by atoms with Gasteiger partial charge in [0.15, 0.2) is 0 Å². The van der Waals surface area contributed by atoms with Gasteiger partial charge < -0.3 is 10.1 Å². The molecule has 6 heteroatoms. The van der Waals surface area contributed by atoms with Gasteiger partial charge in [0.05, 0.1) is 23.6 Å². The molecule has 3 aromatic carbocycles. The van der Waals surface area contributed by atoms with Crippen molar-refractivity contribution in [2.45, 2.75) is 18.4 Å². The van der Waals surface area contributed by atoms with Crippen LogP contribution in [0.1, 0.15) is 44.6 Å². The Morgan fingerprint density at radius 3 is 2.57 bits per heavy atom. The van der Waals surface area contributed by atoms with E-state index in [1.54, 1.807) is 30.3 Å². The van der Waals surface area contributed by atoms with Gasteiger partial charge in [-0.1, -0.05) is 36.4 Å². The monoisotopic (exact) mass is 400 g/mol. The number of nitro groups is 1. The molecule has 0 saturated heterocycles. The second-order valence-electron chi connectivity index (χ2n) is 7.81. The Morgan fingerprint density at radius 2 is 1.83 bits per heavy atom. The van der Waals surface area contributed by atoms with Crippen LogP contribution < -0.4 is 5.32 Å². The van der Waals surface area contributed by atoms with Gasteiger partial charge in [0.1, 0.15) is 0 Å². The van der Waals surface area contributed by atoms with Crippen molar-refractivity contribution in [2.75, 3.05) is 12.4 Å². The standard InChI is InChI=1S/C24H20N2O4/c1-30-24(27)15-8-6-14(7-9-15)23-20-12-16-4-2-3-5-18(16)22(20)19-13-17(26(28)29)10-11-21(19)25-23/h2-11,13,20,22-23,25H,12H2,1H3/t20-,22-,23-/m1/s1. The molecule has 0 aromatic heterocycles. The van der Waals surface area contributed by atoms with Gasteiger partial charge in [-0.3, -0.25) is 10.1 Å². The van der Waals surface area contributed by atoms with E-state index in [-0.39, 0.29) is 34.5 Å². The first-order chi connectivity index (χ1) is 14.6. The molecule has 1 aliphatic carbocycles. The number of carbonyl (C=O) groups is 1. The number of benzene rings is 3. The Bertz CT molecular complexity index is 1160. The summed E-state index contributed by atoms with van der Waals surface area (Å²) in [7, 11) is 1.37. The van der Waals surface area contributed by atoms with Crippen LogP contribution in [0.2, 0.25) is 0 Å². The van der Waals surface area contributed by atoms with E-state index in [1.165, 1.54) is 18.2 Å². The molecule has 3 aromatic rings. The van der Waals surface area contributed by atoms with Crippen molar-refractivity contribution in [1.29, 1.82) is 0 Å². The second-order valence-corrected chi connectivity index (χ2v) is 7.81. The number of nitrogens with zero attached hydrogens (tertiary/aromatic N) is 1. The van der Waals surface area contributed by atoms with Crippen LogP contribution in [0, 0.1) is 16.0 Å². The summed E-state index contributed by atoms with van der Waals surface area (Å²) in [5.41, 5.74) is 6.11. The Labute approximate surface area is 173 Å². The maximum atomic E-state index is 11.8. The van der Waals surface area contributed by atoms with E-state index >= 15 is 0 Å². The number of ether oxygens (including phenoxy) is 1. The zero-order valence-electron chi connectivity index (χ0n) is 16.4. The highest BCUT2D eigenvalue weighted by Gasteiger charge is 2.43. The Balaban J connectivity index is 1.61. The molecule has 30 heavy (non-hydrogen) atoms. The van der Waals surface area contributed by atoms with E-state index in [0.717, 1.165) is 23.2 Å². The van der Waals surface area contributed by atoms with Gasteiger partial charge in [0.25, 0.3) is 5.69 Å². The topological polar surface area (TPSA) is 81.5 Å². The fraction of sp³-hybridized carbons (Fsp3) is 0.208. The minimum Gasteiger partial charge on any atom is -0.465 e. The number of hydrogen-bond donors (Lipinski definition) is 1. The van der Waals surface area contributed by atoms with Crippen LogP contribution in [-0.2, 0) is 11.2 Å². The molecule has 1 aliphatic heterocycles. The lowest BCUT2D eigenvalue weighted by atomic mass is 9.75. The smallest absolute Gasteiger partial charge is 0.337 e. The number of nitrogens with one attached hydrogen (secondary N) is 1. The van der Waals surface area contributed by atoms with Gasteiger partial charge in [-0.2, -0.15) is 0 Å². The number of hydrogen-bond acceptors (Lipinski definition) is 5. The van der Waals surface area contributed by atoms with Crippen molar-refractivity contribution in [1.82, 2.24) is 0 Å². The van der Waals surface area contributed by atoms with Crippen LogP contribution in [0.15, 0.2) is 66.7 Å². The normalized spacial score (nSPS) is 21.0. The molecule has 0 radical (unpaired) electrons. The van der Waals surface area contributed by atoms with E-state index in [0.29, 0.717) is 5.56 Å². The summed E-state index contributed by atoms with van der Waals surface area (Å²) in [6.07, 6.45) is 0.888. The molecular formula is C24H20N2O4. The minimum atomic E-state index is -0.359. The average molecular weight is 400 g/mol. The summed E-state index contributed by atoms with van der Waals surface area (Å²) in [4.78, 5) is 22.8. The molecule has 1 N–H and O–H groups in total. The Morgan fingerprint density at radius 1 is 1.07 bits per heavy atom. The molecule has 0 fully saturated rings. The van der Waals surface area contributed by atoms with Crippen LogP contribution in [0.4, 0.5) is 11.4 Å². The summed E-state index contributed by atoms with van der Waals surface area (Å²) < 4.78 is 4.80. The number of carbonyl (C=O) groups excluding carboxylic acids is 1. The van der Waals surface area contributed by atoms with Crippen LogP contribution in [0.25, 0.3) is 0 Å². The molecule has 3 atom stereocenters. The number of methoxy groups -OCH3 is 1. The Kier molecular flexibility index (Phi) is 4.28. The van der Waals surface area contributed by atoms with Crippen LogP contribution in [0.5, 0.6) is 0 Å². The predicted octanol–water partition coefficient (Wildman–Crippen LogP) is 4.85. The lowest BCUT2D eigenvalue weighted by Crippen LogP contribution is -2.30. The van der Waals surface area contributed by atoms with E-state index in [9.17, 15) is 14.9 Å². The van der Waals surface area contributed by atoms with Crippen molar-refractivity contribution in [3.05, 3.63) is 105 Å². The van der Waals surface area contributed by atoms with Crippen LogP contribution in [0.3, 0.4) is 0 Å². The van der Waals surface area contributed by atoms with Gasteiger partial charge >= 0.3 is 5.97 Å². The molecular weight excluding hydrogens is 380 g/mol. The molecule has 0 amide bonds. The number of nitro benzene ring substituents is 1. The second kappa shape index (κ2) is 6.99. The molecule has 1 heterocycles. The molecule has 0 unspecified atom stereocenters. The van der Waals surface area contributed by atoms with Crippen LogP contribution >= 0.6 is 0 Å². The predicted molar refractivity (Wildman–Crippen MR) is 113 cm³/mol. The highest BCUT2D eigenvalue weighted by Crippen LogP contribution is 2.54. The first-order valence-electron chi connectivity index (χ1n) is 9.88. The SMILES string of the molecule is COC(=O)c1ccc([C@H]2Nc3ccc([N+](=O)[O-])cc3[C@H]3c4ccccc4C[C@H]32)cc1. The third-order valence-corrected chi connectivity index (χ3v) is 6.29. The van der Waals surface area contributed by atoms with Gasteiger partial charge in [-0.25, -0.2) is 4.79 Å². The number of rotatable bonds is 3. The van der Waals surface area contributed by atoms with Gasteiger partial charge in [-0.05, 0) is 52.8 Å². The van der Waals surface area contributed by atoms with Crippen molar-refractivity contribution < 1.29 is 14.5 Å². The molecule has 0 spiro atoms. The van der Waals surface area contributed by atoms with E-state index in [2.05, 4.69) is 17.4 Å². The zero-order valence-corrected chi connectivity index (χ0v) is 16.4. The maximum Gasteiger partial charge on any atom is 0.337 e. The minimum absolute atomic E-state index is 0.0306. The Hall–Kier alpha value is -3.67. The number of anilines is 1. The number of fused-ring (bicyclic) bond motifs is 5. The van der Waals surface area contributed by atoms with Gasteiger partial charge in [-0.15, -0.1) is 0 Å². The summed E-state index contributed by atoms with van der Waals surface area (Å²) in [5, 5.41) is 15.0. The maximum absolute atomic E-state index is 11.8. The zero-order chi connectivity index (χ0) is 20.8. The molecule has 0 bridgehead atoms. The van der Waals surface area contributed by atoms with Gasteiger partial charge in [0.2, 0.25) is 0 Å². The molecule has 150 valence electrons. The molecule has 5 rings (SSSR count). The number of esters is 1. The fourth-order valence-corrected chi connectivity index (χ4v) is 4.94. The fourth-order valence-electron chi connectivity index (χ4n) is 4.94. The summed E-state index contributed by atoms with van der Waals surface area (Å²) in [6.45, 7) is 0. The average Bonchev–Trinajstić information content (AvgIpc) is 3.17. The van der Waals surface area contributed by atoms with Crippen molar-refractivity contribution in [3.8, 4) is 0 Å². The van der Waals surface area contributed by atoms with Gasteiger partial charge in [0, 0.05) is 23.7 Å². The summed E-state index contributed by atoms with van der Waals surface area (Å²) in [5.74, 6) is -0.0505. The highest BCUT2D eigenvalue weighted by atomic mass is 16.6. The van der Waals surface area contributed by atoms with Crippen molar-refractivity contribution in [3.63, 3.8) is 0 Å². The number of non-ortho nitro benzene ring substituents is 1. The first kappa shape index (κ1) is 18.4. The quantitative estimate of drug-likeness (QED) is 0.386. The summed E-state index contributed by atoms with van der Waals surface area (Å²) >= 11 is 0. The van der Waals surface area contributed by atoms with E-state index in [1.807, 2.05) is 24.3 Å². The summed E-state index contributed by atoms with van der Waals surface area (Å²) in [6, 6.07) is 20.9. The third kappa shape index (κ3) is 2.84. The lowest BCUT2D eigenvalue weighted by Gasteiger charge is -2.38. The molecule has 6 nitrogen and oxygen atoms in total. The van der Waals surface area contributed by atoms with Crippen molar-refractivity contribution >= 4 is 17.3 Å². The van der Waals surface area contributed by atoms with Crippen molar-refractivity contribution in [2.24, 2.45) is 5.92 Å². The van der Waals surface area contributed by atoms with E-state index < -0.39 is 0 Å². The highest BCUT2D eigenvalue weighted by molar-refractivity contribution is 5.89. The largest absolute Gasteiger partial charge is 0.465 e. The van der Waals surface area contributed by atoms with Crippen LogP contribution in [-0.4, -0.2) is 18.0 Å². The van der Waals surface area contributed by atoms with E-state index in [4.69, 9.17) is 4.74 Å². The first-order valence-corrected chi connectivity index (χ1v) is 9.88. The molecule has 2 aliphatic rings. The third-order valence-electron chi connectivity index (χ3n) is 6.29. The lowest BCUT2D eigenvalue weighted by molar-refractivity contribution is -0.384.